The summed E-state index contributed by atoms with van der Waals surface area (Å²) < 4.78 is 5.17. The summed E-state index contributed by atoms with van der Waals surface area (Å²) in [4.78, 5) is 0. The molecule has 0 amide bonds. The molecule has 4 bridgehead atoms. The van der Waals surface area contributed by atoms with Crippen molar-refractivity contribution in [1.29, 1.82) is 0 Å². The van der Waals surface area contributed by atoms with Gasteiger partial charge in [-0.15, -0.1) is 11.3 Å². The number of nitrogens with zero attached hydrogens (tertiary/aromatic N) is 1. The minimum absolute atomic E-state index is 0.147. The third-order valence-electron chi connectivity index (χ3n) is 17.6. The molecule has 0 radical (unpaired) electrons. The molecule has 0 saturated heterocycles. The van der Waals surface area contributed by atoms with Gasteiger partial charge in [0.2, 0.25) is 0 Å². The van der Waals surface area contributed by atoms with E-state index < -0.39 is 0 Å². The molecule has 17 rings (SSSR count). The minimum atomic E-state index is 0.147. The van der Waals surface area contributed by atoms with E-state index >= 15 is 0 Å². The molecule has 0 N–H and O–H groups in total. The van der Waals surface area contributed by atoms with Crippen molar-refractivity contribution in [2.75, 3.05) is 0 Å². The lowest BCUT2D eigenvalue weighted by Gasteiger charge is -2.61. The van der Waals surface area contributed by atoms with Crippen LogP contribution in [0.5, 0.6) is 0 Å². The molecule has 1 nitrogen and oxygen atoms in total. The average Bonchev–Trinajstić information content (AvgIpc) is 4.02. The molecule has 1 spiro atoms. The molecule has 2 aromatic heterocycles. The van der Waals surface area contributed by atoms with E-state index in [0.29, 0.717) is 0 Å². The molecule has 5 aliphatic carbocycles. The molecule has 4 fully saturated rings. The SMILES string of the molecule is c1ccc(-n2c3ccc(-c4c5ccccc5c(-c5ccc6sc7ccccc7c6c5)c5ccccc45)cc3c3ccc(-c4ccc5c(c4)C4(c6ccccc6-5)C5CC6CC(C5)CC4C6)cc32)cc1. The lowest BCUT2D eigenvalue weighted by atomic mass is 9.43. The summed E-state index contributed by atoms with van der Waals surface area (Å²) in [6.45, 7) is 0. The highest BCUT2D eigenvalue weighted by atomic mass is 32.1. The molecule has 0 unspecified atom stereocenters. The molecule has 4 saturated carbocycles. The van der Waals surface area contributed by atoms with E-state index in [1.165, 1.54) is 146 Å². The van der Waals surface area contributed by atoms with Gasteiger partial charge < -0.3 is 4.57 Å². The van der Waals surface area contributed by atoms with Gasteiger partial charge in [-0.05, 0) is 188 Å². The number of benzene rings is 10. The molecular formula is C66H47NS. The Morgan fingerprint density at radius 3 is 1.62 bits per heavy atom. The van der Waals surface area contributed by atoms with Crippen molar-refractivity contribution in [3.05, 3.63) is 211 Å². The Balaban J connectivity index is 0.886. The second kappa shape index (κ2) is 13.9. The lowest BCUT2D eigenvalue weighted by Crippen LogP contribution is -2.55. The van der Waals surface area contributed by atoms with Crippen LogP contribution in [0.15, 0.2) is 200 Å². The van der Waals surface area contributed by atoms with Gasteiger partial charge in [0.15, 0.2) is 0 Å². The van der Waals surface area contributed by atoms with Gasteiger partial charge in [-0.2, -0.15) is 0 Å². The van der Waals surface area contributed by atoms with Crippen molar-refractivity contribution < 1.29 is 0 Å². The van der Waals surface area contributed by atoms with Gasteiger partial charge in [-0.25, -0.2) is 0 Å². The molecule has 10 aromatic carbocycles. The van der Waals surface area contributed by atoms with Gasteiger partial charge in [0.1, 0.15) is 0 Å². The second-order valence-electron chi connectivity index (χ2n) is 20.8. The van der Waals surface area contributed by atoms with E-state index in [-0.39, 0.29) is 5.41 Å². The fourth-order valence-corrected chi connectivity index (χ4v) is 16.3. The molecule has 2 heteroatoms. The number of thiophene rings is 1. The Kier molecular flexibility index (Phi) is 7.73. The summed E-state index contributed by atoms with van der Waals surface area (Å²) >= 11 is 1.88. The summed E-state index contributed by atoms with van der Waals surface area (Å²) in [5.74, 6) is 3.34. The fraction of sp³-hybridized carbons (Fsp3) is 0.152. The van der Waals surface area contributed by atoms with Crippen LogP contribution < -0.4 is 0 Å². The second-order valence-corrected chi connectivity index (χ2v) is 21.8. The number of aromatic nitrogens is 1. The highest BCUT2D eigenvalue weighted by molar-refractivity contribution is 7.25. The van der Waals surface area contributed by atoms with Gasteiger partial charge in [-0.1, -0.05) is 146 Å². The Bertz CT molecular complexity index is 4020. The normalized spacial score (nSPS) is 21.3. The first kappa shape index (κ1) is 37.8. The Hall–Kier alpha value is -7.26. The molecule has 0 aliphatic heterocycles. The first-order chi connectivity index (χ1) is 33.7. The Morgan fingerprint density at radius 1 is 0.353 bits per heavy atom. The van der Waals surface area contributed by atoms with Crippen molar-refractivity contribution in [3.8, 4) is 50.2 Å². The summed E-state index contributed by atoms with van der Waals surface area (Å²) in [7, 11) is 0. The smallest absolute Gasteiger partial charge is 0.0547 e. The first-order valence-corrected chi connectivity index (χ1v) is 25.7. The van der Waals surface area contributed by atoms with Crippen molar-refractivity contribution in [2.45, 2.75) is 37.5 Å². The number of hydrogen-bond donors (Lipinski definition) is 0. The first-order valence-electron chi connectivity index (χ1n) is 24.9. The molecule has 2 heterocycles. The molecule has 68 heavy (non-hydrogen) atoms. The van der Waals surface area contributed by atoms with E-state index in [1.54, 1.807) is 11.1 Å². The molecular weight excluding hydrogens is 839 g/mol. The third-order valence-corrected chi connectivity index (χ3v) is 18.7. The maximum absolute atomic E-state index is 2.65. The average molecular weight is 886 g/mol. The van der Waals surface area contributed by atoms with Gasteiger partial charge in [0, 0.05) is 42.0 Å². The number of fused-ring (bicyclic) bond motifs is 11. The monoisotopic (exact) mass is 885 g/mol. The third kappa shape index (κ3) is 5.06. The van der Waals surface area contributed by atoms with E-state index in [1.807, 2.05) is 11.3 Å². The van der Waals surface area contributed by atoms with Gasteiger partial charge in [-0.3, -0.25) is 0 Å². The van der Waals surface area contributed by atoms with Crippen LogP contribution in [-0.2, 0) is 5.41 Å². The van der Waals surface area contributed by atoms with Crippen LogP contribution in [-0.4, -0.2) is 4.57 Å². The topological polar surface area (TPSA) is 4.93 Å². The van der Waals surface area contributed by atoms with Gasteiger partial charge in [0.25, 0.3) is 0 Å². The van der Waals surface area contributed by atoms with Crippen LogP contribution in [0.4, 0.5) is 0 Å². The molecule has 5 aliphatic rings. The fourth-order valence-electron chi connectivity index (χ4n) is 15.2. The van der Waals surface area contributed by atoms with Gasteiger partial charge >= 0.3 is 0 Å². The summed E-state index contributed by atoms with van der Waals surface area (Å²) in [5, 5.41) is 10.3. The Morgan fingerprint density at radius 2 is 0.897 bits per heavy atom. The Labute approximate surface area is 399 Å². The van der Waals surface area contributed by atoms with E-state index in [2.05, 4.69) is 205 Å². The minimum Gasteiger partial charge on any atom is -0.309 e. The number of rotatable bonds is 4. The van der Waals surface area contributed by atoms with Crippen LogP contribution in [0.1, 0.15) is 43.2 Å². The van der Waals surface area contributed by atoms with Crippen LogP contribution in [0, 0.1) is 23.7 Å². The predicted molar refractivity (Wildman–Crippen MR) is 288 cm³/mol. The van der Waals surface area contributed by atoms with Crippen molar-refractivity contribution >= 4 is 74.9 Å². The summed E-state index contributed by atoms with van der Waals surface area (Å²) in [6, 6.07) is 76.7. The quantitative estimate of drug-likeness (QED) is 0.155. The van der Waals surface area contributed by atoms with Crippen LogP contribution in [0.3, 0.4) is 0 Å². The van der Waals surface area contributed by atoms with E-state index in [4.69, 9.17) is 0 Å². The number of hydrogen-bond acceptors (Lipinski definition) is 1. The van der Waals surface area contributed by atoms with Gasteiger partial charge in [0.05, 0.1) is 11.0 Å². The largest absolute Gasteiger partial charge is 0.309 e. The van der Waals surface area contributed by atoms with E-state index in [0.717, 1.165) is 23.7 Å². The zero-order valence-corrected chi connectivity index (χ0v) is 38.6. The van der Waals surface area contributed by atoms with Crippen LogP contribution >= 0.6 is 11.3 Å². The zero-order valence-electron chi connectivity index (χ0n) is 37.8. The predicted octanol–water partition coefficient (Wildman–Crippen LogP) is 18.2. The van der Waals surface area contributed by atoms with Crippen LogP contribution in [0.25, 0.3) is 114 Å². The number of para-hydroxylation sites is 1. The lowest BCUT2D eigenvalue weighted by molar-refractivity contribution is -0.0399. The molecule has 0 atom stereocenters. The van der Waals surface area contributed by atoms with Crippen molar-refractivity contribution in [3.63, 3.8) is 0 Å². The standard InChI is InChI=1S/C66H47NS/c1-2-12-47(13-3-1)67-60-28-24-43(64-52-16-4-6-18-54(52)65(55-19-7-5-17-53(55)64)44-25-29-63-57(36-44)51-15-9-11-21-62(51)68-63)35-56(60)50-27-23-42(38-61(50)67)41-22-26-49-48-14-8-10-20-58(48)66(59(49)37-41)45-31-39-30-40(33-45)34-46(66)32-39/h1-29,35-40,45-46H,30-34H2. The van der Waals surface area contributed by atoms with Crippen molar-refractivity contribution in [2.24, 2.45) is 23.7 Å². The highest BCUT2D eigenvalue weighted by Gasteiger charge is 2.61. The van der Waals surface area contributed by atoms with E-state index in [9.17, 15) is 0 Å². The maximum Gasteiger partial charge on any atom is 0.0547 e. The highest BCUT2D eigenvalue weighted by Crippen LogP contribution is 2.69. The van der Waals surface area contributed by atoms with Crippen molar-refractivity contribution in [1.82, 2.24) is 4.57 Å². The summed E-state index contributed by atoms with van der Waals surface area (Å²) in [6.07, 6.45) is 7.06. The molecule has 322 valence electrons. The molecule has 12 aromatic rings. The summed E-state index contributed by atoms with van der Waals surface area (Å²) in [5.41, 5.74) is 17.7. The zero-order chi connectivity index (χ0) is 44.2. The maximum atomic E-state index is 2.65. The van der Waals surface area contributed by atoms with Crippen LogP contribution in [0.2, 0.25) is 0 Å².